The summed E-state index contributed by atoms with van der Waals surface area (Å²) in [6, 6.07) is 6.67. The smallest absolute Gasteiger partial charge is 0.356 e. The van der Waals surface area contributed by atoms with Gasteiger partial charge in [-0.1, -0.05) is 55.7 Å². The summed E-state index contributed by atoms with van der Waals surface area (Å²) in [6.45, 7) is 2.52. The van der Waals surface area contributed by atoms with E-state index in [-0.39, 0.29) is 42.8 Å². The summed E-state index contributed by atoms with van der Waals surface area (Å²) in [5, 5.41) is 42.2. The summed E-state index contributed by atoms with van der Waals surface area (Å²) in [6.07, 6.45) is 5.17. The zero-order chi connectivity index (χ0) is 32.4. The van der Waals surface area contributed by atoms with Crippen LogP contribution in [0.25, 0.3) is 0 Å². The second-order valence-electron chi connectivity index (χ2n) is 11.0. The van der Waals surface area contributed by atoms with Gasteiger partial charge in [-0.15, -0.1) is 0 Å². The molecule has 3 rings (SSSR count). The van der Waals surface area contributed by atoms with Crippen LogP contribution < -0.4 is 10.6 Å². The van der Waals surface area contributed by atoms with Crippen LogP contribution in [0.15, 0.2) is 47.7 Å². The molecule has 1 fully saturated rings. The van der Waals surface area contributed by atoms with Crippen molar-refractivity contribution in [2.24, 2.45) is 11.8 Å². The Bertz CT molecular complexity index is 1310. The van der Waals surface area contributed by atoms with Crippen molar-refractivity contribution in [1.29, 1.82) is 0 Å². The number of hydrogen-bond donors (Lipinski definition) is 6. The Hall–Kier alpha value is -4.68. The molecule has 0 heterocycles. The zero-order valence-corrected chi connectivity index (χ0v) is 24.4. The molecule has 44 heavy (non-hydrogen) atoms. The topological polar surface area (TPSA) is 217 Å². The first-order valence-corrected chi connectivity index (χ1v) is 14.5. The molecule has 1 aromatic carbocycles. The van der Waals surface area contributed by atoms with Crippen LogP contribution in [0, 0.1) is 11.8 Å². The first-order chi connectivity index (χ1) is 20.9. The second-order valence-corrected chi connectivity index (χ2v) is 11.0. The highest BCUT2D eigenvalue weighted by atomic mass is 16.5. The molecule has 1 saturated carbocycles. The van der Waals surface area contributed by atoms with Gasteiger partial charge in [0.15, 0.2) is 5.92 Å². The molecule has 2 aliphatic rings. The number of ether oxygens (including phenoxy) is 1. The predicted octanol–water partition coefficient (Wildman–Crippen LogP) is 2.29. The molecule has 0 saturated heterocycles. The number of carboxylic acid groups (broad SMARTS) is 4. The minimum atomic E-state index is -2.02. The van der Waals surface area contributed by atoms with Gasteiger partial charge in [0, 0.05) is 25.3 Å². The number of benzene rings is 1. The molecule has 0 radical (unpaired) electrons. The minimum Gasteiger partial charge on any atom is -0.481 e. The predicted molar refractivity (Wildman–Crippen MR) is 154 cm³/mol. The molecule has 2 unspecified atom stereocenters. The van der Waals surface area contributed by atoms with Crippen LogP contribution in [-0.2, 0) is 46.3 Å². The van der Waals surface area contributed by atoms with Crippen LogP contribution in [0.2, 0.25) is 0 Å². The standard InChI is InChI=1S/C31H38N2O11/c1-2-3-4-15-32-30(43)31(17-23(31)20-10-12-21(13-11-20)44-25(28(39)40)29(41)42)33-24(34)14-9-18-5-7-19(8-6-18)16-22(26(35)36)27(37)38/h5-8,10,12,22-23,25H,2-4,9,11,13-17H2,1H3,(H,32,43)(H,33,34)(H,35,36)(H,37,38)(H,39,40)(H,41,42). The highest BCUT2D eigenvalue weighted by molar-refractivity contribution is 5.96. The van der Waals surface area contributed by atoms with Gasteiger partial charge in [0.25, 0.3) is 6.10 Å². The Kier molecular flexibility index (Phi) is 11.7. The summed E-state index contributed by atoms with van der Waals surface area (Å²) < 4.78 is 5.14. The molecular formula is C31H38N2O11. The van der Waals surface area contributed by atoms with Gasteiger partial charge in [0.05, 0.1) is 5.76 Å². The van der Waals surface area contributed by atoms with Crippen molar-refractivity contribution < 1.29 is 53.9 Å². The van der Waals surface area contributed by atoms with Gasteiger partial charge in [-0.2, -0.15) is 0 Å². The van der Waals surface area contributed by atoms with E-state index in [1.54, 1.807) is 30.3 Å². The molecule has 2 atom stereocenters. The van der Waals surface area contributed by atoms with Gasteiger partial charge >= 0.3 is 23.9 Å². The molecule has 0 spiro atoms. The summed E-state index contributed by atoms with van der Waals surface area (Å²) in [4.78, 5) is 71.0. The second kappa shape index (κ2) is 15.2. The summed E-state index contributed by atoms with van der Waals surface area (Å²) in [5.41, 5.74) is 1.04. The number of amides is 2. The molecule has 1 aromatic rings. The van der Waals surface area contributed by atoms with Crippen LogP contribution >= 0.6 is 0 Å². The lowest BCUT2D eigenvalue weighted by molar-refractivity contribution is -0.163. The lowest BCUT2D eigenvalue weighted by atomic mass is 9.96. The number of allylic oxidation sites excluding steroid dienone is 3. The van der Waals surface area contributed by atoms with Crippen LogP contribution in [0.3, 0.4) is 0 Å². The van der Waals surface area contributed by atoms with E-state index in [1.807, 2.05) is 6.92 Å². The van der Waals surface area contributed by atoms with Crippen LogP contribution in [0.1, 0.15) is 63.0 Å². The summed E-state index contributed by atoms with van der Waals surface area (Å²) >= 11 is 0. The number of aliphatic carboxylic acids is 4. The maximum atomic E-state index is 13.3. The maximum Gasteiger partial charge on any atom is 0.356 e. The molecule has 13 nitrogen and oxygen atoms in total. The van der Waals surface area contributed by atoms with Crippen molar-refractivity contribution in [3.05, 3.63) is 58.9 Å². The molecule has 0 bridgehead atoms. The van der Waals surface area contributed by atoms with Crippen LogP contribution in [0.4, 0.5) is 0 Å². The lowest BCUT2D eigenvalue weighted by Crippen LogP contribution is -2.51. The molecule has 2 amide bonds. The highest BCUT2D eigenvalue weighted by Gasteiger charge is 2.62. The van der Waals surface area contributed by atoms with Crippen molar-refractivity contribution in [3.8, 4) is 0 Å². The van der Waals surface area contributed by atoms with E-state index < -0.39 is 41.4 Å². The molecule has 13 heteroatoms. The third kappa shape index (κ3) is 8.91. The van der Waals surface area contributed by atoms with Gasteiger partial charge in [-0.25, -0.2) is 9.59 Å². The van der Waals surface area contributed by atoms with Crippen molar-refractivity contribution in [3.63, 3.8) is 0 Å². The number of rotatable bonds is 18. The fourth-order valence-corrected chi connectivity index (χ4v) is 5.20. The van der Waals surface area contributed by atoms with E-state index in [2.05, 4.69) is 10.6 Å². The minimum absolute atomic E-state index is 0.0759. The van der Waals surface area contributed by atoms with E-state index in [0.29, 0.717) is 31.4 Å². The number of carboxylic acids is 4. The van der Waals surface area contributed by atoms with E-state index >= 15 is 0 Å². The number of aryl methyl sites for hydroxylation is 1. The first kappa shape index (κ1) is 33.8. The van der Waals surface area contributed by atoms with Crippen molar-refractivity contribution in [1.82, 2.24) is 10.6 Å². The SMILES string of the molecule is CCCCCNC(=O)C1(NC(=O)CCc2ccc(CC(C(=O)O)C(=O)O)cc2)CC1C1=CC=C(OC(C(=O)O)C(=O)O)CC1. The van der Waals surface area contributed by atoms with E-state index in [4.69, 9.17) is 25.2 Å². The highest BCUT2D eigenvalue weighted by Crippen LogP contribution is 2.51. The quantitative estimate of drug-likeness (QED) is 0.104. The van der Waals surface area contributed by atoms with Gasteiger partial charge < -0.3 is 35.8 Å². The number of carbonyl (C=O) groups excluding carboxylic acids is 2. The third-order valence-corrected chi connectivity index (χ3v) is 7.80. The van der Waals surface area contributed by atoms with E-state index in [9.17, 15) is 28.8 Å². The van der Waals surface area contributed by atoms with Gasteiger partial charge in [-0.3, -0.25) is 19.2 Å². The third-order valence-electron chi connectivity index (χ3n) is 7.80. The number of hydrogen-bond acceptors (Lipinski definition) is 7. The monoisotopic (exact) mass is 614 g/mol. The largest absolute Gasteiger partial charge is 0.481 e. The molecule has 0 aliphatic heterocycles. The number of carbonyl (C=O) groups is 6. The van der Waals surface area contributed by atoms with Gasteiger partial charge in [0.1, 0.15) is 5.54 Å². The zero-order valence-electron chi connectivity index (χ0n) is 24.4. The van der Waals surface area contributed by atoms with Gasteiger partial charge in [0.2, 0.25) is 11.8 Å². The Balaban J connectivity index is 1.65. The van der Waals surface area contributed by atoms with Crippen molar-refractivity contribution >= 4 is 35.7 Å². The normalized spacial score (nSPS) is 19.0. The average molecular weight is 615 g/mol. The fourth-order valence-electron chi connectivity index (χ4n) is 5.20. The molecular weight excluding hydrogens is 576 g/mol. The van der Waals surface area contributed by atoms with Gasteiger partial charge in [-0.05, 0) is 49.3 Å². The molecule has 0 aromatic heterocycles. The number of nitrogens with one attached hydrogen (secondary N) is 2. The van der Waals surface area contributed by atoms with E-state index in [1.165, 1.54) is 6.08 Å². The van der Waals surface area contributed by atoms with Crippen molar-refractivity contribution in [2.45, 2.75) is 76.4 Å². The van der Waals surface area contributed by atoms with E-state index in [0.717, 1.165) is 30.4 Å². The first-order valence-electron chi connectivity index (χ1n) is 14.5. The summed E-state index contributed by atoms with van der Waals surface area (Å²) in [7, 11) is 0. The lowest BCUT2D eigenvalue weighted by Gasteiger charge is -2.22. The summed E-state index contributed by atoms with van der Waals surface area (Å²) in [5.74, 6) is -8.32. The Morgan fingerprint density at radius 1 is 0.886 bits per heavy atom. The van der Waals surface area contributed by atoms with Crippen LogP contribution in [-0.4, -0.2) is 74.3 Å². The molecule has 6 N–H and O–H groups in total. The Labute approximate surface area is 254 Å². The Morgan fingerprint density at radius 3 is 2.07 bits per heavy atom. The average Bonchev–Trinajstić information content (AvgIpc) is 3.70. The fraction of sp³-hybridized carbons (Fsp3) is 0.484. The molecule has 238 valence electrons. The number of unbranched alkanes of at least 4 members (excludes halogenated alkanes) is 2. The maximum absolute atomic E-state index is 13.3. The van der Waals surface area contributed by atoms with Crippen LogP contribution in [0.5, 0.6) is 0 Å². The molecule has 2 aliphatic carbocycles. The Morgan fingerprint density at radius 2 is 1.52 bits per heavy atom. The van der Waals surface area contributed by atoms with Crippen molar-refractivity contribution in [2.75, 3.05) is 6.54 Å².